The number of rotatable bonds is 6. The van der Waals surface area contributed by atoms with Crippen LogP contribution in [0.3, 0.4) is 0 Å². The van der Waals surface area contributed by atoms with E-state index in [1.54, 1.807) is 0 Å². The van der Waals surface area contributed by atoms with Gasteiger partial charge in [-0.2, -0.15) is 0 Å². The van der Waals surface area contributed by atoms with E-state index >= 15 is 0 Å². The Labute approximate surface area is 121 Å². The van der Waals surface area contributed by atoms with Gasteiger partial charge in [0.25, 0.3) is 0 Å². The first kappa shape index (κ1) is 15.0. The lowest BCUT2D eigenvalue weighted by Crippen LogP contribution is -2.28. The highest BCUT2D eigenvalue weighted by Crippen LogP contribution is 2.25. The van der Waals surface area contributed by atoms with Gasteiger partial charge in [-0.25, -0.2) is 0 Å². The molecule has 0 aliphatic heterocycles. The average molecular weight is 275 g/mol. The Bertz CT molecular complexity index is 408. The van der Waals surface area contributed by atoms with Gasteiger partial charge in [0.05, 0.1) is 6.61 Å². The molecule has 3 nitrogen and oxygen atoms in total. The standard InChI is InChI=1S/C17H25NO2/c19-13-16-8-6-14(7-9-16)10-11-18-17(20)12-15-4-2-1-3-5-15/h6-9,15,19H,1-5,10-13H2,(H,18,20). The summed E-state index contributed by atoms with van der Waals surface area (Å²) in [6, 6.07) is 7.88. The maximum atomic E-state index is 11.9. The van der Waals surface area contributed by atoms with Crippen LogP contribution in [-0.4, -0.2) is 17.6 Å². The summed E-state index contributed by atoms with van der Waals surface area (Å²) in [5, 5.41) is 12.0. The highest BCUT2D eigenvalue weighted by atomic mass is 16.3. The molecule has 1 aliphatic carbocycles. The van der Waals surface area contributed by atoms with Gasteiger partial charge in [0.1, 0.15) is 0 Å². The molecule has 0 unspecified atom stereocenters. The number of amides is 1. The Morgan fingerprint density at radius 2 is 1.75 bits per heavy atom. The van der Waals surface area contributed by atoms with Crippen LogP contribution in [0.1, 0.15) is 49.7 Å². The van der Waals surface area contributed by atoms with E-state index in [4.69, 9.17) is 5.11 Å². The SMILES string of the molecule is O=C(CC1CCCCC1)NCCc1ccc(CO)cc1. The van der Waals surface area contributed by atoms with Crippen molar-refractivity contribution < 1.29 is 9.90 Å². The number of aliphatic hydroxyl groups is 1. The van der Waals surface area contributed by atoms with E-state index in [0.717, 1.165) is 12.0 Å². The highest BCUT2D eigenvalue weighted by Gasteiger charge is 2.16. The largest absolute Gasteiger partial charge is 0.392 e. The van der Waals surface area contributed by atoms with Crippen molar-refractivity contribution in [2.45, 2.75) is 51.6 Å². The molecular weight excluding hydrogens is 250 g/mol. The predicted octanol–water partition coefficient (Wildman–Crippen LogP) is 2.81. The maximum absolute atomic E-state index is 11.9. The van der Waals surface area contributed by atoms with Crippen LogP contribution in [-0.2, 0) is 17.8 Å². The third kappa shape index (κ3) is 4.97. The van der Waals surface area contributed by atoms with Crippen molar-refractivity contribution in [3.05, 3.63) is 35.4 Å². The molecule has 2 rings (SSSR count). The molecule has 0 spiro atoms. The number of aliphatic hydroxyl groups excluding tert-OH is 1. The van der Waals surface area contributed by atoms with E-state index in [0.29, 0.717) is 18.9 Å². The fraction of sp³-hybridized carbons (Fsp3) is 0.588. The lowest BCUT2D eigenvalue weighted by atomic mass is 9.87. The summed E-state index contributed by atoms with van der Waals surface area (Å²) in [6.07, 6.45) is 7.89. The third-order valence-corrected chi connectivity index (χ3v) is 4.14. The van der Waals surface area contributed by atoms with Crippen LogP contribution in [0.2, 0.25) is 0 Å². The van der Waals surface area contributed by atoms with Crippen molar-refractivity contribution in [2.75, 3.05) is 6.54 Å². The van der Waals surface area contributed by atoms with Gasteiger partial charge >= 0.3 is 0 Å². The molecule has 2 N–H and O–H groups in total. The number of benzene rings is 1. The second-order valence-corrected chi connectivity index (χ2v) is 5.78. The average Bonchev–Trinajstić information content (AvgIpc) is 2.49. The van der Waals surface area contributed by atoms with Gasteiger partial charge in [-0.15, -0.1) is 0 Å². The molecule has 0 saturated heterocycles. The Morgan fingerprint density at radius 1 is 1.10 bits per heavy atom. The van der Waals surface area contributed by atoms with Crippen LogP contribution in [0.15, 0.2) is 24.3 Å². The van der Waals surface area contributed by atoms with Crippen molar-refractivity contribution in [3.63, 3.8) is 0 Å². The van der Waals surface area contributed by atoms with Crippen LogP contribution < -0.4 is 5.32 Å². The molecule has 0 atom stereocenters. The first-order chi connectivity index (χ1) is 9.78. The minimum atomic E-state index is 0.0818. The number of hydrogen-bond donors (Lipinski definition) is 2. The number of hydrogen-bond acceptors (Lipinski definition) is 2. The molecule has 0 radical (unpaired) electrons. The van der Waals surface area contributed by atoms with Gasteiger partial charge in [0.15, 0.2) is 0 Å². The maximum Gasteiger partial charge on any atom is 0.220 e. The van der Waals surface area contributed by atoms with Crippen molar-refractivity contribution in [3.8, 4) is 0 Å². The molecule has 3 heteroatoms. The van der Waals surface area contributed by atoms with E-state index in [-0.39, 0.29) is 12.5 Å². The molecular formula is C17H25NO2. The molecule has 0 heterocycles. The molecule has 0 bridgehead atoms. The predicted molar refractivity (Wildman–Crippen MR) is 80.3 cm³/mol. The molecule has 20 heavy (non-hydrogen) atoms. The van der Waals surface area contributed by atoms with Gasteiger partial charge in [-0.05, 0) is 36.3 Å². The van der Waals surface area contributed by atoms with Crippen molar-refractivity contribution in [2.24, 2.45) is 5.92 Å². The summed E-state index contributed by atoms with van der Waals surface area (Å²) >= 11 is 0. The van der Waals surface area contributed by atoms with E-state index in [1.807, 2.05) is 24.3 Å². The van der Waals surface area contributed by atoms with E-state index in [2.05, 4.69) is 5.32 Å². The Balaban J connectivity index is 1.65. The second kappa shape index (κ2) is 8.05. The topological polar surface area (TPSA) is 49.3 Å². The minimum absolute atomic E-state index is 0.0818. The molecule has 1 amide bonds. The zero-order valence-corrected chi connectivity index (χ0v) is 12.1. The zero-order valence-electron chi connectivity index (χ0n) is 12.1. The van der Waals surface area contributed by atoms with E-state index in [1.165, 1.54) is 37.7 Å². The molecule has 110 valence electrons. The molecule has 1 saturated carbocycles. The summed E-state index contributed by atoms with van der Waals surface area (Å²) in [5.41, 5.74) is 2.12. The summed E-state index contributed by atoms with van der Waals surface area (Å²) in [7, 11) is 0. The number of carbonyl (C=O) groups excluding carboxylic acids is 1. The summed E-state index contributed by atoms with van der Waals surface area (Å²) in [4.78, 5) is 11.9. The molecule has 1 aliphatic rings. The first-order valence-corrected chi connectivity index (χ1v) is 7.73. The summed E-state index contributed by atoms with van der Waals surface area (Å²) in [5.74, 6) is 0.802. The quantitative estimate of drug-likeness (QED) is 0.838. The Hall–Kier alpha value is -1.35. The van der Waals surface area contributed by atoms with Crippen LogP contribution in [0, 0.1) is 5.92 Å². The van der Waals surface area contributed by atoms with Crippen molar-refractivity contribution in [1.82, 2.24) is 5.32 Å². The van der Waals surface area contributed by atoms with Crippen LogP contribution in [0.25, 0.3) is 0 Å². The lowest BCUT2D eigenvalue weighted by Gasteiger charge is -2.20. The van der Waals surface area contributed by atoms with Gasteiger partial charge in [0, 0.05) is 13.0 Å². The van der Waals surface area contributed by atoms with Gasteiger partial charge in [-0.1, -0.05) is 43.5 Å². The second-order valence-electron chi connectivity index (χ2n) is 5.78. The normalized spacial score (nSPS) is 16.1. The Kier molecular flexibility index (Phi) is 6.06. The molecule has 1 fully saturated rings. The van der Waals surface area contributed by atoms with Crippen LogP contribution in [0.5, 0.6) is 0 Å². The summed E-state index contributed by atoms with van der Waals surface area (Å²) < 4.78 is 0. The highest BCUT2D eigenvalue weighted by molar-refractivity contribution is 5.76. The minimum Gasteiger partial charge on any atom is -0.392 e. The first-order valence-electron chi connectivity index (χ1n) is 7.73. The Morgan fingerprint density at radius 3 is 2.40 bits per heavy atom. The monoisotopic (exact) mass is 275 g/mol. The molecule has 1 aromatic carbocycles. The third-order valence-electron chi connectivity index (χ3n) is 4.14. The van der Waals surface area contributed by atoms with Gasteiger partial charge < -0.3 is 10.4 Å². The van der Waals surface area contributed by atoms with Crippen LogP contribution >= 0.6 is 0 Å². The smallest absolute Gasteiger partial charge is 0.220 e. The fourth-order valence-corrected chi connectivity index (χ4v) is 2.88. The fourth-order valence-electron chi connectivity index (χ4n) is 2.88. The van der Waals surface area contributed by atoms with Gasteiger partial charge in [0.2, 0.25) is 5.91 Å². The van der Waals surface area contributed by atoms with Crippen LogP contribution in [0.4, 0.5) is 0 Å². The van der Waals surface area contributed by atoms with E-state index in [9.17, 15) is 4.79 Å². The summed E-state index contributed by atoms with van der Waals surface area (Å²) in [6.45, 7) is 0.780. The van der Waals surface area contributed by atoms with E-state index < -0.39 is 0 Å². The molecule has 0 aromatic heterocycles. The number of nitrogens with one attached hydrogen (secondary N) is 1. The number of carbonyl (C=O) groups is 1. The zero-order chi connectivity index (χ0) is 14.2. The lowest BCUT2D eigenvalue weighted by molar-refractivity contribution is -0.122. The van der Waals surface area contributed by atoms with Gasteiger partial charge in [-0.3, -0.25) is 4.79 Å². The van der Waals surface area contributed by atoms with Crippen molar-refractivity contribution in [1.29, 1.82) is 0 Å². The molecule has 1 aromatic rings. The van der Waals surface area contributed by atoms with Crippen molar-refractivity contribution >= 4 is 5.91 Å².